The van der Waals surface area contributed by atoms with Gasteiger partial charge in [0.15, 0.2) is 8.87 Å². The molecule has 19 heavy (non-hydrogen) atoms. The summed E-state index contributed by atoms with van der Waals surface area (Å²) in [6, 6.07) is 3.81. The maximum atomic E-state index is 11.2. The zero-order chi connectivity index (χ0) is 14.8. The molecule has 1 aromatic rings. The van der Waals surface area contributed by atoms with Gasteiger partial charge in [0.25, 0.3) is 0 Å². The summed E-state index contributed by atoms with van der Waals surface area (Å²) in [6.07, 6.45) is 1.21. The highest BCUT2D eigenvalue weighted by Crippen LogP contribution is 2.35. The van der Waals surface area contributed by atoms with Gasteiger partial charge < -0.3 is 5.11 Å². The van der Waals surface area contributed by atoms with E-state index in [4.69, 9.17) is 0 Å². The minimum Gasteiger partial charge on any atom is -0.507 e. The van der Waals surface area contributed by atoms with E-state index in [9.17, 15) is 13.5 Å². The normalized spacial score (nSPS) is 12.4. The van der Waals surface area contributed by atoms with Crippen LogP contribution in [0.1, 0.15) is 56.2 Å². The van der Waals surface area contributed by atoms with Gasteiger partial charge in [0.1, 0.15) is 5.75 Å². The largest absolute Gasteiger partial charge is 0.507 e. The monoisotopic (exact) mass is 302 g/mol. The van der Waals surface area contributed by atoms with E-state index in [2.05, 4.69) is 0 Å². The molecule has 0 amide bonds. The summed E-state index contributed by atoms with van der Waals surface area (Å²) in [5, 5.41) is 10.3. The Morgan fingerprint density at radius 3 is 1.84 bits per heavy atom. The Balaban J connectivity index is 3.19. The van der Waals surface area contributed by atoms with Crippen molar-refractivity contribution in [3.63, 3.8) is 0 Å². The summed E-state index contributed by atoms with van der Waals surface area (Å²) >= 11 is 0. The van der Waals surface area contributed by atoms with E-state index in [1.165, 1.54) is 6.26 Å². The lowest BCUT2D eigenvalue weighted by atomic mass is 9.92. The van der Waals surface area contributed by atoms with Crippen LogP contribution in [0.3, 0.4) is 0 Å². The van der Waals surface area contributed by atoms with Gasteiger partial charge >= 0.3 is 0 Å². The molecular weight excluding hydrogens is 280 g/mol. The van der Waals surface area contributed by atoms with Gasteiger partial charge in [-0.1, -0.05) is 39.8 Å². The Morgan fingerprint density at radius 2 is 1.53 bits per heavy atom. The van der Waals surface area contributed by atoms with Crippen LogP contribution in [0.2, 0.25) is 0 Å². The number of benzene rings is 1. The number of hydrogen-bond acceptors (Lipinski definition) is 4. The van der Waals surface area contributed by atoms with Crippen LogP contribution in [-0.4, -0.2) is 19.8 Å². The average Bonchev–Trinajstić information content (AvgIpc) is 2.25. The van der Waals surface area contributed by atoms with E-state index in [1.807, 2.05) is 39.8 Å². The zero-order valence-corrected chi connectivity index (χ0v) is 13.7. The second kappa shape index (κ2) is 6.18. The van der Waals surface area contributed by atoms with Gasteiger partial charge in [-0.05, 0) is 39.3 Å². The maximum Gasteiger partial charge on any atom is 0.199 e. The molecule has 3 nitrogen and oxygen atoms in total. The first-order valence-corrected chi connectivity index (χ1v) is 9.71. The van der Waals surface area contributed by atoms with Gasteiger partial charge in [0.05, 0.1) is 0 Å². The minimum absolute atomic E-state index is 0.209. The van der Waals surface area contributed by atoms with Crippen LogP contribution in [0.4, 0.5) is 0 Å². The molecular formula is C14H22O3S2. The Hall–Kier alpha value is -0.680. The van der Waals surface area contributed by atoms with Gasteiger partial charge in [-0.3, -0.25) is 0 Å². The molecule has 0 aliphatic rings. The predicted molar refractivity (Wildman–Crippen MR) is 82.4 cm³/mol. The zero-order valence-electron chi connectivity index (χ0n) is 12.1. The Bertz CT molecular complexity index is 517. The fourth-order valence-electron chi connectivity index (χ4n) is 1.88. The summed E-state index contributed by atoms with van der Waals surface area (Å²) in [5.74, 6) is 1.18. The van der Waals surface area contributed by atoms with Crippen LogP contribution in [0.15, 0.2) is 12.1 Å². The van der Waals surface area contributed by atoms with Crippen LogP contribution in [-0.2, 0) is 14.6 Å². The lowest BCUT2D eigenvalue weighted by Crippen LogP contribution is -1.99. The van der Waals surface area contributed by atoms with Crippen molar-refractivity contribution in [2.24, 2.45) is 0 Å². The molecule has 0 spiro atoms. The first-order valence-electron chi connectivity index (χ1n) is 6.32. The second-order valence-corrected chi connectivity index (χ2v) is 9.85. The van der Waals surface area contributed by atoms with Crippen molar-refractivity contribution in [1.82, 2.24) is 0 Å². The molecule has 0 aliphatic heterocycles. The highest BCUT2D eigenvalue weighted by Gasteiger charge is 2.16. The van der Waals surface area contributed by atoms with Gasteiger partial charge in [-0.15, -0.1) is 0 Å². The Kier molecular flexibility index (Phi) is 5.33. The molecule has 0 fully saturated rings. The molecule has 0 radical (unpaired) electrons. The quantitative estimate of drug-likeness (QED) is 0.840. The molecule has 1 rings (SSSR count). The SMILES string of the molecule is CC(C)c1cc(CSS(C)(=O)=O)cc(C(C)C)c1O. The summed E-state index contributed by atoms with van der Waals surface area (Å²) < 4.78 is 22.4. The van der Waals surface area contributed by atoms with Crippen LogP contribution in [0.5, 0.6) is 5.75 Å². The van der Waals surface area contributed by atoms with Gasteiger partial charge in [-0.25, -0.2) is 8.42 Å². The van der Waals surface area contributed by atoms with Crippen LogP contribution in [0, 0.1) is 0 Å². The molecule has 1 aromatic carbocycles. The number of hydrogen-bond donors (Lipinski definition) is 1. The first-order chi connectivity index (χ1) is 8.61. The van der Waals surface area contributed by atoms with Crippen LogP contribution in [0.25, 0.3) is 0 Å². The fraction of sp³-hybridized carbons (Fsp3) is 0.571. The van der Waals surface area contributed by atoms with Crippen LogP contribution >= 0.6 is 10.8 Å². The molecule has 0 heterocycles. The topological polar surface area (TPSA) is 54.4 Å². The molecule has 108 valence electrons. The smallest absolute Gasteiger partial charge is 0.199 e. The third kappa shape index (κ3) is 4.73. The average molecular weight is 302 g/mol. The van der Waals surface area contributed by atoms with Crippen molar-refractivity contribution < 1.29 is 13.5 Å². The Morgan fingerprint density at radius 1 is 1.11 bits per heavy atom. The Labute approximate surface area is 119 Å². The van der Waals surface area contributed by atoms with Crippen molar-refractivity contribution in [2.75, 3.05) is 6.26 Å². The third-order valence-corrected chi connectivity index (χ3v) is 5.43. The number of rotatable bonds is 5. The highest BCUT2D eigenvalue weighted by atomic mass is 33.1. The van der Waals surface area contributed by atoms with Crippen molar-refractivity contribution in [2.45, 2.75) is 45.3 Å². The summed E-state index contributed by atoms with van der Waals surface area (Å²) in [6.45, 7) is 8.08. The van der Waals surface area contributed by atoms with E-state index >= 15 is 0 Å². The van der Waals surface area contributed by atoms with Gasteiger partial charge in [-0.2, -0.15) is 0 Å². The lowest BCUT2D eigenvalue weighted by molar-refractivity contribution is 0.454. The highest BCUT2D eigenvalue weighted by molar-refractivity contribution is 8.71. The summed E-state index contributed by atoms with van der Waals surface area (Å²) in [7, 11) is -2.12. The molecule has 0 atom stereocenters. The number of phenolic OH excluding ortho intramolecular Hbond substituents is 1. The van der Waals surface area contributed by atoms with E-state index in [0.29, 0.717) is 11.5 Å². The summed E-state index contributed by atoms with van der Waals surface area (Å²) in [4.78, 5) is 0. The summed E-state index contributed by atoms with van der Waals surface area (Å²) in [5.41, 5.74) is 2.71. The van der Waals surface area contributed by atoms with E-state index in [-0.39, 0.29) is 11.8 Å². The van der Waals surface area contributed by atoms with Crippen molar-refractivity contribution in [3.8, 4) is 5.75 Å². The third-order valence-electron chi connectivity index (χ3n) is 2.91. The van der Waals surface area contributed by atoms with E-state index in [0.717, 1.165) is 27.5 Å². The molecule has 0 aromatic heterocycles. The minimum atomic E-state index is -3.04. The molecule has 0 unspecified atom stereocenters. The fourth-order valence-corrected chi connectivity index (χ4v) is 3.45. The van der Waals surface area contributed by atoms with Crippen LogP contribution < -0.4 is 0 Å². The second-order valence-electron chi connectivity index (χ2n) is 5.40. The van der Waals surface area contributed by atoms with E-state index in [1.54, 1.807) is 0 Å². The predicted octanol–water partition coefficient (Wildman–Crippen LogP) is 3.83. The van der Waals surface area contributed by atoms with E-state index < -0.39 is 8.87 Å². The molecule has 0 saturated carbocycles. The molecule has 0 saturated heterocycles. The van der Waals surface area contributed by atoms with Crippen molar-refractivity contribution in [1.29, 1.82) is 0 Å². The molecule has 5 heteroatoms. The molecule has 0 aliphatic carbocycles. The molecule has 0 bridgehead atoms. The van der Waals surface area contributed by atoms with Gasteiger partial charge in [0.2, 0.25) is 0 Å². The van der Waals surface area contributed by atoms with Crippen molar-refractivity contribution in [3.05, 3.63) is 28.8 Å². The number of phenols is 1. The lowest BCUT2D eigenvalue weighted by Gasteiger charge is -2.17. The van der Waals surface area contributed by atoms with Gasteiger partial charge in [0, 0.05) is 12.0 Å². The first kappa shape index (κ1) is 16.4. The molecule has 1 N–H and O–H groups in total. The number of aromatic hydroxyl groups is 1. The van der Waals surface area contributed by atoms with Crippen molar-refractivity contribution >= 4 is 19.7 Å². The standard InChI is InChI=1S/C14H22O3S2/c1-9(2)12-6-11(8-18-19(5,16)17)7-13(10(3)4)14(12)15/h6-7,9-10,15H,8H2,1-5H3. The maximum absolute atomic E-state index is 11.2.